The van der Waals surface area contributed by atoms with Crippen LogP contribution in [-0.4, -0.2) is 34.1 Å². The Hall–Kier alpha value is -2.01. The number of rotatable bonds is 2. The van der Waals surface area contributed by atoms with Gasteiger partial charge in [-0.3, -0.25) is 14.6 Å². The Kier molecular flexibility index (Phi) is 8.64. The van der Waals surface area contributed by atoms with Gasteiger partial charge >= 0.3 is 5.97 Å². The molecule has 5 nitrogen and oxygen atoms in total. The first kappa shape index (κ1) is 24.6. The molecule has 0 amide bonds. The summed E-state index contributed by atoms with van der Waals surface area (Å²) in [6.45, 7) is 7.91. The maximum Gasteiger partial charge on any atom is 0.306 e. The van der Waals surface area contributed by atoms with Crippen molar-refractivity contribution in [2.24, 2.45) is 23.7 Å². The Morgan fingerprint density at radius 1 is 1.12 bits per heavy atom. The first-order chi connectivity index (χ1) is 15.2. The molecule has 6 atom stereocenters. The fourth-order valence-corrected chi connectivity index (χ4v) is 4.66. The van der Waals surface area contributed by atoms with Gasteiger partial charge in [0.15, 0.2) is 0 Å². The van der Waals surface area contributed by atoms with Crippen molar-refractivity contribution in [3.8, 4) is 0 Å². The lowest BCUT2D eigenvalue weighted by Crippen LogP contribution is -2.26. The van der Waals surface area contributed by atoms with E-state index in [1.54, 1.807) is 0 Å². The third kappa shape index (κ3) is 7.26. The minimum absolute atomic E-state index is 0.0320. The summed E-state index contributed by atoms with van der Waals surface area (Å²) in [4.78, 5) is 29.6. The standard InChI is InChI=1S/C27H39NO4/c1-17-8-10-23(28-16-17)12-20(4)26-14-22-13-21(22)7-5-6-18(2)24(29)15-25(30)19(3)9-11-27(31)32-26/h8,10,12,16,18-19,21-22,24,26,29H,5-7,9,11,13-15H2,1-4H3/b20-12+/t18-,19?,21?,22?,24?,26?/m0/s1. The SMILES string of the molecule is C/C(=C\c1ccc(C)cn1)C1CC2CC2CCC[C@H](C)C(O)CC(=O)C(C)CCC(=O)O1. The van der Waals surface area contributed by atoms with Gasteiger partial charge in [0, 0.05) is 25.0 Å². The fourth-order valence-electron chi connectivity index (χ4n) is 4.66. The van der Waals surface area contributed by atoms with Gasteiger partial charge in [-0.1, -0.05) is 32.8 Å². The second kappa shape index (κ2) is 11.2. The second-order valence-electron chi connectivity index (χ2n) is 10.2. The highest BCUT2D eigenvalue weighted by Gasteiger charge is 2.39. The number of aryl methyl sites for hydroxylation is 1. The molecule has 32 heavy (non-hydrogen) atoms. The van der Waals surface area contributed by atoms with Crippen molar-refractivity contribution in [2.45, 2.75) is 91.3 Å². The highest BCUT2D eigenvalue weighted by Crippen LogP contribution is 2.47. The molecule has 0 spiro atoms. The molecule has 1 aliphatic carbocycles. The van der Waals surface area contributed by atoms with Crippen LogP contribution in [0.25, 0.3) is 6.08 Å². The van der Waals surface area contributed by atoms with Gasteiger partial charge in [0.25, 0.3) is 0 Å². The highest BCUT2D eigenvalue weighted by atomic mass is 16.5. The summed E-state index contributed by atoms with van der Waals surface area (Å²) in [5, 5.41) is 10.4. The number of Topliss-reactive ketones (excluding diaryl/α,β-unsaturated/α-hetero) is 1. The minimum atomic E-state index is -0.590. The molecule has 1 saturated heterocycles. The van der Waals surface area contributed by atoms with E-state index in [1.165, 1.54) is 6.42 Å². The normalized spacial score (nSPS) is 33.3. The molecular weight excluding hydrogens is 402 g/mol. The van der Waals surface area contributed by atoms with E-state index in [4.69, 9.17) is 4.74 Å². The van der Waals surface area contributed by atoms with Crippen molar-refractivity contribution in [1.29, 1.82) is 0 Å². The zero-order valence-corrected chi connectivity index (χ0v) is 20.0. The quantitative estimate of drug-likeness (QED) is 0.631. The molecule has 1 saturated carbocycles. The zero-order valence-electron chi connectivity index (χ0n) is 20.0. The van der Waals surface area contributed by atoms with Crippen molar-refractivity contribution in [3.63, 3.8) is 0 Å². The minimum Gasteiger partial charge on any atom is -0.458 e. The van der Waals surface area contributed by atoms with E-state index in [9.17, 15) is 14.7 Å². The van der Waals surface area contributed by atoms with Gasteiger partial charge in [-0.2, -0.15) is 0 Å². The number of cyclic esters (lactones) is 1. The van der Waals surface area contributed by atoms with Crippen molar-refractivity contribution in [2.75, 3.05) is 0 Å². The lowest BCUT2D eigenvalue weighted by Gasteiger charge is -2.22. The van der Waals surface area contributed by atoms with Crippen LogP contribution >= 0.6 is 0 Å². The number of esters is 1. The Morgan fingerprint density at radius 3 is 2.62 bits per heavy atom. The van der Waals surface area contributed by atoms with E-state index in [0.29, 0.717) is 18.3 Å². The number of carbonyl (C=O) groups excluding carboxylic acids is 2. The molecule has 176 valence electrons. The number of aliphatic hydroxyl groups excluding tert-OH is 1. The molecule has 2 fully saturated rings. The maximum atomic E-state index is 12.7. The molecule has 3 rings (SSSR count). The molecule has 1 aromatic rings. The number of carbonyl (C=O) groups is 2. The third-order valence-electron chi connectivity index (χ3n) is 7.31. The van der Waals surface area contributed by atoms with Gasteiger partial charge in [-0.05, 0) is 80.6 Å². The van der Waals surface area contributed by atoms with Crippen LogP contribution < -0.4 is 0 Å². The number of ether oxygens (including phenoxy) is 1. The molecule has 1 aromatic heterocycles. The van der Waals surface area contributed by atoms with E-state index in [1.807, 2.05) is 52.1 Å². The lowest BCUT2D eigenvalue weighted by molar-refractivity contribution is -0.148. The van der Waals surface area contributed by atoms with Crippen LogP contribution in [0.4, 0.5) is 0 Å². The number of hydrogen-bond donors (Lipinski definition) is 1. The number of pyridine rings is 1. The summed E-state index contributed by atoms with van der Waals surface area (Å²) in [7, 11) is 0. The molecule has 2 heterocycles. The van der Waals surface area contributed by atoms with Crippen molar-refractivity contribution in [1.82, 2.24) is 4.98 Å². The van der Waals surface area contributed by atoms with Crippen LogP contribution in [-0.2, 0) is 14.3 Å². The summed E-state index contributed by atoms with van der Waals surface area (Å²) < 4.78 is 5.93. The summed E-state index contributed by atoms with van der Waals surface area (Å²) in [5.74, 6) is 0.899. The number of nitrogens with zero attached hydrogens (tertiary/aromatic N) is 1. The zero-order chi connectivity index (χ0) is 23.3. The van der Waals surface area contributed by atoms with Crippen LogP contribution in [0.5, 0.6) is 0 Å². The Labute approximate surface area is 192 Å². The number of fused-ring (bicyclic) bond motifs is 1. The van der Waals surface area contributed by atoms with Crippen LogP contribution in [0.2, 0.25) is 0 Å². The molecule has 0 aromatic carbocycles. The molecule has 1 N–H and O–H groups in total. The van der Waals surface area contributed by atoms with Crippen LogP contribution in [0.15, 0.2) is 23.9 Å². The summed E-state index contributed by atoms with van der Waals surface area (Å²) >= 11 is 0. The lowest BCUT2D eigenvalue weighted by atomic mass is 9.89. The predicted molar refractivity (Wildman–Crippen MR) is 126 cm³/mol. The van der Waals surface area contributed by atoms with E-state index in [-0.39, 0.29) is 42.5 Å². The summed E-state index contributed by atoms with van der Waals surface area (Å²) in [5.41, 5.74) is 3.00. The monoisotopic (exact) mass is 441 g/mol. The first-order valence-corrected chi connectivity index (χ1v) is 12.2. The number of aromatic nitrogens is 1. The molecular formula is C27H39NO4. The van der Waals surface area contributed by atoms with Crippen LogP contribution in [0.3, 0.4) is 0 Å². The Morgan fingerprint density at radius 2 is 1.91 bits per heavy atom. The molecule has 5 unspecified atom stereocenters. The van der Waals surface area contributed by atoms with Gasteiger partial charge < -0.3 is 9.84 Å². The van der Waals surface area contributed by atoms with E-state index >= 15 is 0 Å². The molecule has 0 radical (unpaired) electrons. The average Bonchev–Trinajstić information content (AvgIpc) is 3.49. The largest absolute Gasteiger partial charge is 0.458 e. The topological polar surface area (TPSA) is 76.5 Å². The predicted octanol–water partition coefficient (Wildman–Crippen LogP) is 5.29. The van der Waals surface area contributed by atoms with Gasteiger partial charge in [-0.25, -0.2) is 0 Å². The maximum absolute atomic E-state index is 12.7. The molecule has 1 aliphatic heterocycles. The van der Waals surface area contributed by atoms with Crippen LogP contribution in [0.1, 0.15) is 83.4 Å². The Balaban J connectivity index is 1.71. The van der Waals surface area contributed by atoms with Crippen molar-refractivity contribution in [3.05, 3.63) is 35.2 Å². The van der Waals surface area contributed by atoms with Gasteiger partial charge in [0.1, 0.15) is 11.9 Å². The van der Waals surface area contributed by atoms with E-state index in [0.717, 1.165) is 42.5 Å². The number of ketones is 1. The van der Waals surface area contributed by atoms with Gasteiger partial charge in [-0.15, -0.1) is 0 Å². The molecule has 2 aliphatic rings. The Bertz CT molecular complexity index is 815. The number of aliphatic hydroxyl groups is 1. The fraction of sp³-hybridized carbons (Fsp3) is 0.667. The summed E-state index contributed by atoms with van der Waals surface area (Å²) in [6, 6.07) is 4.02. The van der Waals surface area contributed by atoms with Crippen LogP contribution in [0, 0.1) is 30.6 Å². The summed E-state index contributed by atoms with van der Waals surface area (Å²) in [6.07, 6.45) is 9.05. The van der Waals surface area contributed by atoms with E-state index < -0.39 is 6.10 Å². The number of hydrogen-bond acceptors (Lipinski definition) is 5. The second-order valence-corrected chi connectivity index (χ2v) is 10.2. The van der Waals surface area contributed by atoms with Crippen molar-refractivity contribution < 1.29 is 19.4 Å². The molecule has 0 bridgehead atoms. The van der Waals surface area contributed by atoms with E-state index in [2.05, 4.69) is 4.98 Å². The van der Waals surface area contributed by atoms with Crippen molar-refractivity contribution >= 4 is 17.8 Å². The van der Waals surface area contributed by atoms with Gasteiger partial charge in [0.2, 0.25) is 0 Å². The smallest absolute Gasteiger partial charge is 0.306 e. The third-order valence-corrected chi connectivity index (χ3v) is 7.31. The highest BCUT2D eigenvalue weighted by molar-refractivity contribution is 5.81. The average molecular weight is 442 g/mol. The molecule has 5 heteroatoms. The first-order valence-electron chi connectivity index (χ1n) is 12.2. The van der Waals surface area contributed by atoms with Gasteiger partial charge in [0.05, 0.1) is 11.8 Å².